The Labute approximate surface area is 207 Å². The first-order valence-electron chi connectivity index (χ1n) is 13.2. The maximum absolute atomic E-state index is 2.61. The first-order chi connectivity index (χ1) is 13.2. The van der Waals surface area contributed by atoms with E-state index in [2.05, 4.69) is 13.8 Å². The van der Waals surface area contributed by atoms with Crippen LogP contribution in [0.25, 0.3) is 0 Å². The Kier molecular flexibility index (Phi) is 7.35. The first-order valence-corrected chi connectivity index (χ1v) is 13.2. The fraction of sp³-hybridized carbons (Fsp3) is 1.00. The molecule has 1 heteroatoms. The first kappa shape index (κ1) is 23.3. The van der Waals surface area contributed by atoms with Crippen LogP contribution < -0.4 is 0 Å². The summed E-state index contributed by atoms with van der Waals surface area (Å²) in [6, 6.07) is 0. The van der Waals surface area contributed by atoms with E-state index in [1.807, 2.05) is 0 Å². The van der Waals surface area contributed by atoms with Gasteiger partial charge in [0.15, 0.2) is 0 Å². The molecule has 6 bridgehead atoms. The molecule has 29 heavy (non-hydrogen) atoms. The van der Waals surface area contributed by atoms with Gasteiger partial charge in [-0.3, -0.25) is 0 Å². The van der Waals surface area contributed by atoms with Crippen molar-refractivity contribution in [1.82, 2.24) is 0 Å². The number of rotatable bonds is 6. The smallest absolute Gasteiger partial charge is 0 e. The summed E-state index contributed by atoms with van der Waals surface area (Å²) in [5, 5.41) is 0. The molecule has 0 amide bonds. The fourth-order valence-corrected chi connectivity index (χ4v) is 10.6. The van der Waals surface area contributed by atoms with E-state index in [4.69, 9.17) is 0 Å². The number of hydrogen-bond donors (Lipinski definition) is 0. The molecule has 0 aromatic heterocycles. The summed E-state index contributed by atoms with van der Waals surface area (Å²) < 4.78 is 0. The zero-order chi connectivity index (χ0) is 18.1. The fourth-order valence-electron chi connectivity index (χ4n) is 10.6. The number of fused-ring (bicyclic) bond motifs is 6. The van der Waals surface area contributed by atoms with Crippen molar-refractivity contribution in [3.8, 4) is 0 Å². The third-order valence-corrected chi connectivity index (χ3v) is 12.0. The van der Waals surface area contributed by atoms with Gasteiger partial charge in [0.1, 0.15) is 0 Å². The van der Waals surface area contributed by atoms with Crippen molar-refractivity contribution in [1.29, 1.82) is 0 Å². The second kappa shape index (κ2) is 9.16. The zero-order valence-electron chi connectivity index (χ0n) is 18.7. The normalized spacial score (nSPS) is 54.0. The standard InChI is InChI=1S/C27H44.CH4.Y/c1-16-18-3-5-20(13-18)24(16)9-11-26-22-7-8-23(15-22)27(26)12-10-25-17(2)19-4-6-21(25)14-19;;/h16-27H,3-15H2,1-2H3;1H4;. The van der Waals surface area contributed by atoms with Crippen LogP contribution in [0.3, 0.4) is 0 Å². The Bertz CT molecular complexity index is 505. The topological polar surface area (TPSA) is 0 Å². The van der Waals surface area contributed by atoms with E-state index >= 15 is 0 Å². The van der Waals surface area contributed by atoms with E-state index in [0.717, 1.165) is 71.0 Å². The van der Waals surface area contributed by atoms with E-state index in [9.17, 15) is 0 Å². The van der Waals surface area contributed by atoms with Crippen molar-refractivity contribution in [3.63, 3.8) is 0 Å². The molecule has 0 aliphatic heterocycles. The summed E-state index contributed by atoms with van der Waals surface area (Å²) in [5.41, 5.74) is 0. The molecule has 12 atom stereocenters. The Morgan fingerprint density at radius 3 is 1.07 bits per heavy atom. The van der Waals surface area contributed by atoms with Crippen molar-refractivity contribution < 1.29 is 32.7 Å². The molecule has 6 rings (SSSR count). The van der Waals surface area contributed by atoms with Crippen molar-refractivity contribution >= 4 is 0 Å². The minimum atomic E-state index is 0. The summed E-state index contributed by atoms with van der Waals surface area (Å²) in [4.78, 5) is 0. The molecule has 0 aromatic rings. The molecule has 6 aliphatic rings. The molecule has 0 spiro atoms. The van der Waals surface area contributed by atoms with Crippen LogP contribution in [-0.2, 0) is 32.7 Å². The molecule has 0 heterocycles. The summed E-state index contributed by atoms with van der Waals surface area (Å²) in [6.45, 7) is 5.23. The van der Waals surface area contributed by atoms with Crippen LogP contribution in [0.5, 0.6) is 0 Å². The molecule has 0 saturated heterocycles. The monoisotopic (exact) mass is 473 g/mol. The molecule has 0 nitrogen and oxygen atoms in total. The summed E-state index contributed by atoms with van der Waals surface area (Å²) in [6.07, 6.45) is 20.8. The van der Waals surface area contributed by atoms with Gasteiger partial charge in [0.25, 0.3) is 0 Å². The van der Waals surface area contributed by atoms with E-state index in [0.29, 0.717) is 0 Å². The molecule has 6 saturated carbocycles. The SMILES string of the molecule is C.CC1C2CCC(C2)C1CCC1C2CCC(C2)C1CCC1C2CCC(C2)C1C.[Y]. The van der Waals surface area contributed by atoms with Crippen LogP contribution in [0.2, 0.25) is 0 Å². The largest absolute Gasteiger partial charge is 0.0776 e. The van der Waals surface area contributed by atoms with Gasteiger partial charge in [-0.05, 0) is 154 Å². The van der Waals surface area contributed by atoms with Crippen molar-refractivity contribution in [3.05, 3.63) is 0 Å². The van der Waals surface area contributed by atoms with E-state index in [1.54, 1.807) is 83.5 Å². The van der Waals surface area contributed by atoms with Gasteiger partial charge in [-0.25, -0.2) is 0 Å². The Hall–Kier alpha value is 1.10. The molecular weight excluding hydrogens is 425 g/mol. The average Bonchev–Trinajstić information content (AvgIpc) is 3.47. The molecule has 0 aromatic carbocycles. The van der Waals surface area contributed by atoms with E-state index in [-0.39, 0.29) is 40.1 Å². The third kappa shape index (κ3) is 3.89. The van der Waals surface area contributed by atoms with Crippen LogP contribution >= 0.6 is 0 Å². The van der Waals surface area contributed by atoms with Crippen molar-refractivity contribution in [2.75, 3.05) is 0 Å². The Balaban J connectivity index is 0.00000102. The zero-order valence-corrected chi connectivity index (χ0v) is 21.5. The molecule has 0 N–H and O–H groups in total. The van der Waals surface area contributed by atoms with Gasteiger partial charge in [-0.2, -0.15) is 0 Å². The maximum atomic E-state index is 2.61. The van der Waals surface area contributed by atoms with Crippen LogP contribution in [0.15, 0.2) is 0 Å². The maximum Gasteiger partial charge on any atom is 0 e. The van der Waals surface area contributed by atoms with Gasteiger partial charge < -0.3 is 0 Å². The second-order valence-electron chi connectivity index (χ2n) is 12.5. The van der Waals surface area contributed by atoms with Gasteiger partial charge in [0.2, 0.25) is 0 Å². The van der Waals surface area contributed by atoms with Crippen LogP contribution in [-0.4, -0.2) is 0 Å². The quantitative estimate of drug-likeness (QED) is 0.365. The summed E-state index contributed by atoms with van der Waals surface area (Å²) >= 11 is 0. The van der Waals surface area contributed by atoms with Crippen LogP contribution in [0.1, 0.15) is 105 Å². The molecular formula is C28H48Y. The van der Waals surface area contributed by atoms with Gasteiger partial charge >= 0.3 is 0 Å². The minimum Gasteiger partial charge on any atom is -0.0776 e. The van der Waals surface area contributed by atoms with Crippen molar-refractivity contribution in [2.24, 2.45) is 71.0 Å². The van der Waals surface area contributed by atoms with Gasteiger partial charge in [0.05, 0.1) is 0 Å². The molecule has 1 radical (unpaired) electrons. The van der Waals surface area contributed by atoms with Gasteiger partial charge in [-0.1, -0.05) is 21.3 Å². The van der Waals surface area contributed by atoms with E-state index in [1.165, 1.54) is 0 Å². The second-order valence-corrected chi connectivity index (χ2v) is 12.5. The molecule has 6 aliphatic carbocycles. The van der Waals surface area contributed by atoms with Gasteiger partial charge in [-0.15, -0.1) is 0 Å². The number of hydrogen-bond acceptors (Lipinski definition) is 0. The predicted octanol–water partition coefficient (Wildman–Crippen LogP) is 8.21. The Morgan fingerprint density at radius 1 is 0.448 bits per heavy atom. The average molecular weight is 474 g/mol. The Morgan fingerprint density at radius 2 is 0.724 bits per heavy atom. The molecule has 12 unspecified atom stereocenters. The molecule has 6 fully saturated rings. The van der Waals surface area contributed by atoms with Crippen LogP contribution in [0, 0.1) is 71.0 Å². The minimum absolute atomic E-state index is 0. The summed E-state index contributed by atoms with van der Waals surface area (Å²) in [5.74, 6) is 13.5. The van der Waals surface area contributed by atoms with Gasteiger partial charge in [0, 0.05) is 32.7 Å². The van der Waals surface area contributed by atoms with E-state index < -0.39 is 0 Å². The third-order valence-electron chi connectivity index (χ3n) is 12.0. The molecule has 163 valence electrons. The summed E-state index contributed by atoms with van der Waals surface area (Å²) in [7, 11) is 0. The van der Waals surface area contributed by atoms with Crippen molar-refractivity contribution in [2.45, 2.75) is 105 Å². The van der Waals surface area contributed by atoms with Crippen LogP contribution in [0.4, 0.5) is 0 Å². The predicted molar refractivity (Wildman–Crippen MR) is 120 cm³/mol.